The van der Waals surface area contributed by atoms with Gasteiger partial charge in [0.2, 0.25) is 0 Å². The molecule has 0 fully saturated rings. The van der Waals surface area contributed by atoms with Crippen LogP contribution in [0.4, 0.5) is 0 Å². The van der Waals surface area contributed by atoms with Crippen LogP contribution < -0.4 is 5.46 Å². The number of aliphatic hydroxyl groups is 1. The normalized spacial score (nSPS) is 12.6. The molecule has 0 aliphatic heterocycles. The molecule has 1 N–H and O–H groups in total. The molecule has 0 spiro atoms. The van der Waals surface area contributed by atoms with Crippen molar-refractivity contribution < 1.29 is 9.76 Å². The fourth-order valence-corrected chi connectivity index (χ4v) is 3.28. The van der Waals surface area contributed by atoms with E-state index in [0.717, 1.165) is 16.7 Å². The monoisotopic (exact) mass is 370 g/mol. The van der Waals surface area contributed by atoms with Gasteiger partial charge in [-0.25, -0.2) is 0 Å². The highest BCUT2D eigenvalue weighted by atomic mass is 16.5. The molecule has 3 aromatic carbocycles. The van der Waals surface area contributed by atoms with Crippen LogP contribution >= 0.6 is 0 Å². The predicted molar refractivity (Wildman–Crippen MR) is 118 cm³/mol. The lowest BCUT2D eigenvalue weighted by molar-refractivity contribution is -0.0893. The third-order valence-electron chi connectivity index (χ3n) is 5.67. The summed E-state index contributed by atoms with van der Waals surface area (Å²) in [7, 11) is 1.74. The number of hydrogen-bond donors (Lipinski definition) is 1. The number of rotatable bonds is 5. The Morgan fingerprint density at radius 1 is 0.786 bits per heavy atom. The van der Waals surface area contributed by atoms with Crippen molar-refractivity contribution in [2.24, 2.45) is 0 Å². The first kappa shape index (κ1) is 18.8. The van der Waals surface area contributed by atoms with Crippen LogP contribution in [0.3, 0.4) is 0 Å². The number of fused-ring (bicyclic) bond motifs is 3. The molecule has 4 rings (SSSR count). The van der Waals surface area contributed by atoms with Crippen LogP contribution in [0, 0.1) is 0 Å². The molecule has 0 atom stereocenters. The Bertz CT molecular complexity index is 1120. The van der Waals surface area contributed by atoms with Gasteiger partial charge in [-0.1, -0.05) is 54.0 Å². The first-order valence-corrected chi connectivity index (χ1v) is 9.60. The quantitative estimate of drug-likeness (QED) is 0.521. The van der Waals surface area contributed by atoms with E-state index >= 15 is 0 Å². The summed E-state index contributed by atoms with van der Waals surface area (Å²) in [5.74, 6) is 0. The van der Waals surface area contributed by atoms with Crippen LogP contribution in [0.15, 0.2) is 72.8 Å². The van der Waals surface area contributed by atoms with E-state index in [-0.39, 0.29) is 0 Å². The second kappa shape index (κ2) is 6.80. The minimum atomic E-state index is -0.947. The Labute approximate surface area is 166 Å². The molecule has 141 valence electrons. The van der Waals surface area contributed by atoms with Gasteiger partial charge in [-0.3, -0.25) is 0 Å². The van der Waals surface area contributed by atoms with Crippen LogP contribution in [-0.4, -0.2) is 28.4 Å². The van der Waals surface area contributed by atoms with Crippen molar-refractivity contribution in [3.63, 3.8) is 0 Å². The van der Waals surface area contributed by atoms with E-state index in [9.17, 15) is 5.11 Å². The number of hydrogen-bond acceptors (Lipinski definition) is 2. The average molecular weight is 370 g/mol. The standard InChI is InChI=1S/C24H25BNO2/c1-23(2,27)24(3,4)28-25-17-14-15-22-20(16-17)19-12-8-9-13-21(19)26(22)18-10-6-5-7-11-18/h5-16,27H,1-4H3. The molecule has 0 saturated carbocycles. The summed E-state index contributed by atoms with van der Waals surface area (Å²) in [6, 6.07) is 25.2. The van der Waals surface area contributed by atoms with Gasteiger partial charge >= 0.3 is 7.48 Å². The largest absolute Gasteiger partial charge is 0.427 e. The zero-order chi connectivity index (χ0) is 19.9. The molecule has 0 unspecified atom stereocenters. The summed E-state index contributed by atoms with van der Waals surface area (Å²) >= 11 is 0. The van der Waals surface area contributed by atoms with E-state index < -0.39 is 11.2 Å². The summed E-state index contributed by atoms with van der Waals surface area (Å²) in [4.78, 5) is 0. The third-order valence-corrected chi connectivity index (χ3v) is 5.67. The van der Waals surface area contributed by atoms with Crippen molar-refractivity contribution in [3.8, 4) is 5.69 Å². The molecule has 1 radical (unpaired) electrons. The molecule has 28 heavy (non-hydrogen) atoms. The van der Waals surface area contributed by atoms with Gasteiger partial charge in [-0.05, 0) is 52.0 Å². The van der Waals surface area contributed by atoms with Crippen LogP contribution in [0.2, 0.25) is 0 Å². The predicted octanol–water partition coefficient (Wildman–Crippen LogP) is 4.59. The maximum absolute atomic E-state index is 10.3. The fourth-order valence-electron chi connectivity index (χ4n) is 3.28. The van der Waals surface area contributed by atoms with Gasteiger partial charge in [-0.2, -0.15) is 0 Å². The molecule has 1 heterocycles. The Kier molecular flexibility index (Phi) is 4.57. The van der Waals surface area contributed by atoms with Crippen LogP contribution in [0.25, 0.3) is 27.5 Å². The van der Waals surface area contributed by atoms with Crippen molar-refractivity contribution >= 4 is 34.8 Å². The summed E-state index contributed by atoms with van der Waals surface area (Å²) in [6.07, 6.45) is 0. The van der Waals surface area contributed by atoms with E-state index in [2.05, 4.69) is 71.3 Å². The lowest BCUT2D eigenvalue weighted by Gasteiger charge is -2.37. The van der Waals surface area contributed by atoms with E-state index in [1.807, 2.05) is 19.9 Å². The highest BCUT2D eigenvalue weighted by Gasteiger charge is 2.35. The molecule has 0 bridgehead atoms. The average Bonchev–Trinajstić information content (AvgIpc) is 3.00. The van der Waals surface area contributed by atoms with Crippen LogP contribution in [0.1, 0.15) is 27.7 Å². The summed E-state index contributed by atoms with van der Waals surface area (Å²) in [5.41, 5.74) is 2.81. The van der Waals surface area contributed by atoms with Gasteiger partial charge in [0, 0.05) is 16.5 Å². The number of para-hydroxylation sites is 2. The number of benzene rings is 3. The smallest absolute Gasteiger partial charge is 0.330 e. The molecule has 0 saturated heterocycles. The van der Waals surface area contributed by atoms with E-state index in [0.29, 0.717) is 0 Å². The van der Waals surface area contributed by atoms with Crippen molar-refractivity contribution in [2.45, 2.75) is 38.9 Å². The van der Waals surface area contributed by atoms with Crippen molar-refractivity contribution in [2.75, 3.05) is 0 Å². The molecule has 1 aromatic heterocycles. The SMILES string of the molecule is CC(C)(O)C(C)(C)O[B]c1ccc2c(c1)c1ccccc1n2-c1ccccc1. The minimum Gasteiger partial charge on any atom is -0.427 e. The maximum Gasteiger partial charge on any atom is 0.330 e. The molecule has 4 heteroatoms. The lowest BCUT2D eigenvalue weighted by Crippen LogP contribution is -2.49. The maximum atomic E-state index is 10.3. The second-order valence-corrected chi connectivity index (χ2v) is 8.27. The lowest BCUT2D eigenvalue weighted by atomic mass is 9.82. The van der Waals surface area contributed by atoms with Gasteiger partial charge in [0.1, 0.15) is 0 Å². The Hall–Kier alpha value is -2.56. The van der Waals surface area contributed by atoms with Crippen LogP contribution in [0.5, 0.6) is 0 Å². The molecular weight excluding hydrogens is 345 g/mol. The third kappa shape index (κ3) is 3.23. The van der Waals surface area contributed by atoms with E-state index in [4.69, 9.17) is 4.65 Å². The van der Waals surface area contributed by atoms with Crippen molar-refractivity contribution in [3.05, 3.63) is 72.8 Å². The van der Waals surface area contributed by atoms with Gasteiger partial charge in [0.05, 0.1) is 22.2 Å². The van der Waals surface area contributed by atoms with Gasteiger partial charge < -0.3 is 14.3 Å². The first-order chi connectivity index (χ1) is 13.3. The Balaban J connectivity index is 1.80. The second-order valence-electron chi connectivity index (χ2n) is 8.27. The number of nitrogens with zero attached hydrogens (tertiary/aromatic N) is 1. The van der Waals surface area contributed by atoms with Gasteiger partial charge in [0.25, 0.3) is 0 Å². The van der Waals surface area contributed by atoms with Gasteiger partial charge in [-0.15, -0.1) is 0 Å². The molecule has 3 nitrogen and oxygen atoms in total. The van der Waals surface area contributed by atoms with Crippen LogP contribution in [-0.2, 0) is 4.65 Å². The molecule has 0 amide bonds. The van der Waals surface area contributed by atoms with Gasteiger partial charge in [0.15, 0.2) is 0 Å². The Morgan fingerprint density at radius 3 is 2.14 bits per heavy atom. The topological polar surface area (TPSA) is 34.4 Å². The number of aromatic nitrogens is 1. The molecule has 0 aliphatic rings. The highest BCUT2D eigenvalue weighted by Crippen LogP contribution is 2.31. The first-order valence-electron chi connectivity index (χ1n) is 9.60. The minimum absolute atomic E-state index is 0.694. The fraction of sp³-hybridized carbons (Fsp3) is 0.250. The molecule has 4 aromatic rings. The van der Waals surface area contributed by atoms with E-state index in [1.54, 1.807) is 21.3 Å². The highest BCUT2D eigenvalue weighted by molar-refractivity contribution is 6.47. The van der Waals surface area contributed by atoms with Crippen molar-refractivity contribution in [1.29, 1.82) is 0 Å². The molecular formula is C24H25BNO2. The zero-order valence-electron chi connectivity index (χ0n) is 16.8. The summed E-state index contributed by atoms with van der Waals surface area (Å²) in [5, 5.41) is 12.7. The van der Waals surface area contributed by atoms with E-state index in [1.165, 1.54) is 16.3 Å². The summed E-state index contributed by atoms with van der Waals surface area (Å²) < 4.78 is 8.24. The zero-order valence-corrected chi connectivity index (χ0v) is 16.8. The van der Waals surface area contributed by atoms with Crippen molar-refractivity contribution in [1.82, 2.24) is 4.57 Å². The Morgan fingerprint density at radius 2 is 1.43 bits per heavy atom. The summed E-state index contributed by atoms with van der Waals surface area (Å²) in [6.45, 7) is 7.31. The molecule has 0 aliphatic carbocycles.